The number of rotatable bonds is 3. The SMILES string of the molecule is Cc1cc(C(=O)N2CCCCC2CCN)ccc1Cl. The van der Waals surface area contributed by atoms with Crippen molar-refractivity contribution in [3.8, 4) is 0 Å². The maximum Gasteiger partial charge on any atom is 0.254 e. The van der Waals surface area contributed by atoms with Gasteiger partial charge in [0.05, 0.1) is 0 Å². The van der Waals surface area contributed by atoms with Gasteiger partial charge in [0.25, 0.3) is 5.91 Å². The molecule has 0 saturated carbocycles. The number of piperidine rings is 1. The standard InChI is InChI=1S/C15H21ClN2O/c1-11-10-12(5-6-14(11)16)15(19)18-9-3-2-4-13(18)7-8-17/h5-6,10,13H,2-4,7-9,17H2,1H3. The highest BCUT2D eigenvalue weighted by molar-refractivity contribution is 6.31. The Balaban J connectivity index is 2.18. The van der Waals surface area contributed by atoms with Gasteiger partial charge in [-0.3, -0.25) is 4.79 Å². The molecule has 104 valence electrons. The topological polar surface area (TPSA) is 46.3 Å². The van der Waals surface area contributed by atoms with Crippen molar-refractivity contribution >= 4 is 17.5 Å². The molecule has 1 aliphatic heterocycles. The minimum absolute atomic E-state index is 0.109. The molecule has 1 fully saturated rings. The van der Waals surface area contributed by atoms with Gasteiger partial charge in [0.1, 0.15) is 0 Å². The first kappa shape index (κ1) is 14.4. The number of carbonyl (C=O) groups is 1. The van der Waals surface area contributed by atoms with Crippen LogP contribution in [0.5, 0.6) is 0 Å². The molecule has 1 aromatic carbocycles. The van der Waals surface area contributed by atoms with E-state index in [2.05, 4.69) is 0 Å². The highest BCUT2D eigenvalue weighted by Crippen LogP contribution is 2.23. The summed E-state index contributed by atoms with van der Waals surface area (Å²) in [6.45, 7) is 3.39. The molecule has 0 spiro atoms. The van der Waals surface area contributed by atoms with Crippen LogP contribution in [-0.4, -0.2) is 29.9 Å². The second kappa shape index (κ2) is 6.40. The Morgan fingerprint density at radius 3 is 2.95 bits per heavy atom. The molecule has 1 unspecified atom stereocenters. The normalized spacial score (nSPS) is 19.5. The average Bonchev–Trinajstić information content (AvgIpc) is 2.42. The Morgan fingerprint density at radius 2 is 2.26 bits per heavy atom. The van der Waals surface area contributed by atoms with Crippen molar-refractivity contribution in [3.63, 3.8) is 0 Å². The third-order valence-corrected chi connectivity index (χ3v) is 4.22. The number of nitrogens with zero attached hydrogens (tertiary/aromatic N) is 1. The maximum absolute atomic E-state index is 12.6. The van der Waals surface area contributed by atoms with E-state index in [1.165, 1.54) is 6.42 Å². The summed E-state index contributed by atoms with van der Waals surface area (Å²) in [5.74, 6) is 0.109. The zero-order chi connectivity index (χ0) is 13.8. The van der Waals surface area contributed by atoms with E-state index in [1.807, 2.05) is 24.0 Å². The zero-order valence-electron chi connectivity index (χ0n) is 11.4. The Bertz CT molecular complexity index is 459. The molecule has 2 rings (SSSR count). The number of likely N-dealkylation sites (tertiary alicyclic amines) is 1. The van der Waals surface area contributed by atoms with Gasteiger partial charge in [-0.1, -0.05) is 11.6 Å². The quantitative estimate of drug-likeness (QED) is 0.925. The first-order valence-corrected chi connectivity index (χ1v) is 7.28. The third kappa shape index (κ3) is 3.28. The monoisotopic (exact) mass is 280 g/mol. The Labute approximate surface area is 119 Å². The van der Waals surface area contributed by atoms with Gasteiger partial charge in [0.2, 0.25) is 0 Å². The summed E-state index contributed by atoms with van der Waals surface area (Å²) >= 11 is 6.01. The predicted molar refractivity (Wildman–Crippen MR) is 78.5 cm³/mol. The van der Waals surface area contributed by atoms with Gasteiger partial charge in [-0.05, 0) is 62.9 Å². The summed E-state index contributed by atoms with van der Waals surface area (Å²) in [5, 5.41) is 0.703. The summed E-state index contributed by atoms with van der Waals surface area (Å²) in [5.41, 5.74) is 7.32. The zero-order valence-corrected chi connectivity index (χ0v) is 12.1. The maximum atomic E-state index is 12.6. The highest BCUT2D eigenvalue weighted by atomic mass is 35.5. The van der Waals surface area contributed by atoms with Gasteiger partial charge in [-0.2, -0.15) is 0 Å². The largest absolute Gasteiger partial charge is 0.336 e. The first-order valence-electron chi connectivity index (χ1n) is 6.90. The average molecular weight is 281 g/mol. The molecule has 1 atom stereocenters. The molecular formula is C15H21ClN2O. The molecule has 2 N–H and O–H groups in total. The predicted octanol–water partition coefficient (Wildman–Crippen LogP) is 2.99. The van der Waals surface area contributed by atoms with E-state index < -0.39 is 0 Å². The minimum atomic E-state index is 0.109. The van der Waals surface area contributed by atoms with E-state index >= 15 is 0 Å². The van der Waals surface area contributed by atoms with Gasteiger partial charge in [-0.25, -0.2) is 0 Å². The van der Waals surface area contributed by atoms with Crippen LogP contribution in [0.3, 0.4) is 0 Å². The summed E-state index contributed by atoms with van der Waals surface area (Å²) < 4.78 is 0. The van der Waals surface area contributed by atoms with E-state index in [1.54, 1.807) is 6.07 Å². The molecule has 19 heavy (non-hydrogen) atoms. The molecular weight excluding hydrogens is 260 g/mol. The lowest BCUT2D eigenvalue weighted by atomic mass is 9.98. The molecule has 0 aromatic heterocycles. The molecule has 0 bridgehead atoms. The van der Waals surface area contributed by atoms with Gasteiger partial charge in [0.15, 0.2) is 0 Å². The minimum Gasteiger partial charge on any atom is -0.336 e. The van der Waals surface area contributed by atoms with E-state index in [0.717, 1.165) is 36.9 Å². The van der Waals surface area contributed by atoms with Crippen LogP contribution in [-0.2, 0) is 0 Å². The fourth-order valence-electron chi connectivity index (χ4n) is 2.70. The summed E-state index contributed by atoms with van der Waals surface area (Å²) in [7, 11) is 0. The van der Waals surface area contributed by atoms with Crippen LogP contribution >= 0.6 is 11.6 Å². The summed E-state index contributed by atoms with van der Waals surface area (Å²) in [6.07, 6.45) is 4.22. The van der Waals surface area contributed by atoms with Crippen LogP contribution in [0.25, 0.3) is 0 Å². The van der Waals surface area contributed by atoms with Crippen molar-refractivity contribution in [2.24, 2.45) is 5.73 Å². The van der Waals surface area contributed by atoms with Crippen molar-refractivity contribution in [2.75, 3.05) is 13.1 Å². The van der Waals surface area contributed by atoms with Crippen molar-refractivity contribution in [3.05, 3.63) is 34.3 Å². The first-order chi connectivity index (χ1) is 9.13. The third-order valence-electron chi connectivity index (χ3n) is 3.79. The molecule has 1 aliphatic rings. The van der Waals surface area contributed by atoms with Crippen LogP contribution < -0.4 is 5.73 Å². The Morgan fingerprint density at radius 1 is 1.47 bits per heavy atom. The highest BCUT2D eigenvalue weighted by Gasteiger charge is 2.26. The smallest absolute Gasteiger partial charge is 0.254 e. The van der Waals surface area contributed by atoms with Crippen LogP contribution in [0.4, 0.5) is 0 Å². The van der Waals surface area contributed by atoms with Crippen molar-refractivity contribution in [1.82, 2.24) is 4.90 Å². The van der Waals surface area contributed by atoms with Crippen molar-refractivity contribution < 1.29 is 4.79 Å². The number of hydrogen-bond acceptors (Lipinski definition) is 2. The lowest BCUT2D eigenvalue weighted by molar-refractivity contribution is 0.0605. The molecule has 1 amide bonds. The molecule has 4 heteroatoms. The number of amides is 1. The van der Waals surface area contributed by atoms with Crippen LogP contribution in [0.2, 0.25) is 5.02 Å². The van der Waals surface area contributed by atoms with E-state index in [9.17, 15) is 4.79 Å². The number of nitrogens with two attached hydrogens (primary N) is 1. The van der Waals surface area contributed by atoms with Gasteiger partial charge in [0, 0.05) is 23.2 Å². The number of aryl methyl sites for hydroxylation is 1. The van der Waals surface area contributed by atoms with Gasteiger partial charge < -0.3 is 10.6 Å². The molecule has 0 radical (unpaired) electrons. The van der Waals surface area contributed by atoms with E-state index in [0.29, 0.717) is 17.6 Å². The van der Waals surface area contributed by atoms with Crippen LogP contribution in [0.1, 0.15) is 41.6 Å². The van der Waals surface area contributed by atoms with Gasteiger partial charge in [-0.15, -0.1) is 0 Å². The van der Waals surface area contributed by atoms with Crippen molar-refractivity contribution in [2.45, 2.75) is 38.6 Å². The van der Waals surface area contributed by atoms with Crippen molar-refractivity contribution in [1.29, 1.82) is 0 Å². The Hall–Kier alpha value is -1.06. The van der Waals surface area contributed by atoms with Crippen LogP contribution in [0.15, 0.2) is 18.2 Å². The fraction of sp³-hybridized carbons (Fsp3) is 0.533. The molecule has 1 saturated heterocycles. The van der Waals surface area contributed by atoms with Gasteiger partial charge >= 0.3 is 0 Å². The lowest BCUT2D eigenvalue weighted by Crippen LogP contribution is -2.44. The number of carbonyl (C=O) groups excluding carboxylic acids is 1. The molecule has 3 nitrogen and oxygen atoms in total. The summed E-state index contributed by atoms with van der Waals surface area (Å²) in [4.78, 5) is 14.6. The number of benzene rings is 1. The molecule has 0 aliphatic carbocycles. The molecule has 1 heterocycles. The fourth-order valence-corrected chi connectivity index (χ4v) is 2.82. The van der Waals surface area contributed by atoms with E-state index in [-0.39, 0.29) is 5.91 Å². The number of halogens is 1. The Kier molecular flexibility index (Phi) is 4.83. The second-order valence-corrected chi connectivity index (χ2v) is 5.60. The lowest BCUT2D eigenvalue weighted by Gasteiger charge is -2.35. The van der Waals surface area contributed by atoms with E-state index in [4.69, 9.17) is 17.3 Å². The summed E-state index contributed by atoms with van der Waals surface area (Å²) in [6, 6.07) is 5.78. The van der Waals surface area contributed by atoms with Crippen LogP contribution in [0, 0.1) is 6.92 Å². The number of hydrogen-bond donors (Lipinski definition) is 1. The second-order valence-electron chi connectivity index (χ2n) is 5.19. The molecule has 1 aromatic rings.